The van der Waals surface area contributed by atoms with Crippen LogP contribution in [0.5, 0.6) is 0 Å². The van der Waals surface area contributed by atoms with E-state index < -0.39 is 0 Å². The van der Waals surface area contributed by atoms with Crippen molar-refractivity contribution in [1.82, 2.24) is 77.4 Å². The fourth-order valence-corrected chi connectivity index (χ4v) is 26.2. The van der Waals surface area contributed by atoms with Crippen LogP contribution in [0.25, 0.3) is 243 Å². The van der Waals surface area contributed by atoms with Gasteiger partial charge < -0.3 is 0 Å². The van der Waals surface area contributed by atoms with E-state index in [0.29, 0.717) is 0 Å². The van der Waals surface area contributed by atoms with E-state index in [1.807, 2.05) is 98.9 Å². The van der Waals surface area contributed by atoms with Crippen LogP contribution in [0.1, 0.15) is 89.0 Å². The molecule has 0 amide bonds. The van der Waals surface area contributed by atoms with E-state index in [9.17, 15) is 0 Å². The molecule has 0 radical (unpaired) electrons. The van der Waals surface area contributed by atoms with Crippen LogP contribution in [-0.4, -0.2) is 77.4 Å². The number of hydrogen-bond donors (Lipinski definition) is 0. The Kier molecular flexibility index (Phi) is 14.9. The average Bonchev–Trinajstić information content (AvgIpc) is 1.55. The van der Waals surface area contributed by atoms with Gasteiger partial charge in [-0.15, -0.1) is 0 Å². The molecule has 0 saturated heterocycles. The van der Waals surface area contributed by atoms with Crippen molar-refractivity contribution < 1.29 is 0 Å². The summed E-state index contributed by atoms with van der Waals surface area (Å²) in [5.41, 5.74) is 63.6. The van der Waals surface area contributed by atoms with Gasteiger partial charge >= 0.3 is 0 Å². The van der Waals surface area contributed by atoms with Gasteiger partial charge in [0.15, 0.2) is 5.65 Å². The Bertz CT molecular complexity index is 9460. The molecular formula is C124H72N16. The number of imidazole rings is 4. The monoisotopic (exact) mass is 1780 g/mol. The highest BCUT2D eigenvalue weighted by Gasteiger charge is 2.38. The largest absolute Gasteiger partial charge is 0.289 e. The number of aromatic nitrogens is 16. The highest BCUT2D eigenvalue weighted by atomic mass is 15.1. The molecule has 0 spiro atoms. The number of pyridine rings is 12. The molecule has 16 aromatic heterocycles. The third-order valence-electron chi connectivity index (χ3n) is 32.1. The van der Waals surface area contributed by atoms with E-state index in [-0.39, 0.29) is 0 Å². The second-order valence-corrected chi connectivity index (χ2v) is 38.7. The van der Waals surface area contributed by atoms with Gasteiger partial charge in [-0.2, -0.15) is 0 Å². The summed E-state index contributed by atoms with van der Waals surface area (Å²) in [5, 5.41) is 11.2. The Morgan fingerprint density at radius 1 is 0.171 bits per heavy atom. The lowest BCUT2D eigenvalue weighted by molar-refractivity contribution is 1.16. The van der Waals surface area contributed by atoms with E-state index >= 15 is 0 Å². The molecule has 16 heteroatoms. The van der Waals surface area contributed by atoms with Crippen LogP contribution in [0.15, 0.2) is 342 Å². The van der Waals surface area contributed by atoms with Crippen molar-refractivity contribution in [3.8, 4) is 89.0 Å². The van der Waals surface area contributed by atoms with Crippen LogP contribution in [0.3, 0.4) is 0 Å². The summed E-state index contributed by atoms with van der Waals surface area (Å²) in [6.07, 6.45) is 34.5. The zero-order valence-electron chi connectivity index (χ0n) is 75.1. The predicted octanol–water partition coefficient (Wildman–Crippen LogP) is 26.9. The molecule has 0 saturated carbocycles. The normalized spacial score (nSPS) is 13.5. The predicted molar refractivity (Wildman–Crippen MR) is 559 cm³/mol. The molecule has 16 heterocycles. The van der Waals surface area contributed by atoms with Gasteiger partial charge in [-0.3, -0.25) is 57.5 Å². The minimum atomic E-state index is 0.895. The number of fused-ring (bicyclic) bond motifs is 64. The first kappa shape index (κ1) is 75.1. The highest BCUT2D eigenvalue weighted by molar-refractivity contribution is 6.20. The SMILES string of the molecule is c1ccc2c(c1)Cc1c-2ccc2c1Cc1ccc3nc4c5cccnc5c5ccncc5n4c3c1-2.c1ccc2c(c1)Cc1c-2ccc2c1Cc1ccc3nc4c5ccncc5c5ccncc5n4c3c1-2.c1ccc2c(c1)Cc1c-2ccc2c1Cc1ccc3nc4c5cnccc5c5ccncc5n4c3c1-2.c1ccc2c(c1)Cc1c-2ccc2c1Cc1ccc3nc4c5ncccc5c5ccncc5n4c3c1-2. The van der Waals surface area contributed by atoms with Crippen molar-refractivity contribution >= 4 is 154 Å². The molecule has 0 aliphatic heterocycles. The second kappa shape index (κ2) is 27.7. The van der Waals surface area contributed by atoms with Crippen LogP contribution >= 0.6 is 0 Å². The Morgan fingerprint density at radius 3 is 0.871 bits per heavy atom. The number of benzene rings is 12. The summed E-state index contributed by atoms with van der Waals surface area (Å²) < 4.78 is 9.26. The highest BCUT2D eigenvalue weighted by Crippen LogP contribution is 2.56. The molecule has 0 atom stereocenters. The van der Waals surface area contributed by atoms with Crippen molar-refractivity contribution in [2.75, 3.05) is 0 Å². The van der Waals surface area contributed by atoms with Gasteiger partial charge in [-0.05, 0) is 291 Å². The van der Waals surface area contributed by atoms with Crippen LogP contribution in [0, 0.1) is 0 Å². The van der Waals surface area contributed by atoms with Crippen molar-refractivity contribution in [1.29, 1.82) is 0 Å². The molecule has 0 fully saturated rings. The molecule has 0 N–H and O–H groups in total. The van der Waals surface area contributed by atoms with Crippen LogP contribution < -0.4 is 0 Å². The second-order valence-electron chi connectivity index (χ2n) is 38.7. The van der Waals surface area contributed by atoms with Gasteiger partial charge in [0.05, 0.1) is 96.5 Å². The van der Waals surface area contributed by atoms with Crippen LogP contribution in [0.2, 0.25) is 0 Å². The maximum atomic E-state index is 5.16. The summed E-state index contributed by atoms with van der Waals surface area (Å²) in [5.74, 6) is 0. The van der Waals surface area contributed by atoms with Crippen molar-refractivity contribution in [2.45, 2.75) is 51.4 Å². The summed E-state index contributed by atoms with van der Waals surface area (Å²) >= 11 is 0. The van der Waals surface area contributed by atoms with Gasteiger partial charge in [-0.25, -0.2) is 19.9 Å². The van der Waals surface area contributed by atoms with Crippen molar-refractivity contribution in [2.24, 2.45) is 0 Å². The quantitative estimate of drug-likeness (QED) is 0.132. The fraction of sp³-hybridized carbons (Fsp3) is 0.0645. The van der Waals surface area contributed by atoms with Crippen molar-refractivity contribution in [3.63, 3.8) is 0 Å². The molecule has 8 aliphatic carbocycles. The number of rotatable bonds is 0. The Labute approximate surface area is 796 Å². The van der Waals surface area contributed by atoms with E-state index in [0.717, 1.165) is 183 Å². The van der Waals surface area contributed by atoms with Gasteiger partial charge in [0.25, 0.3) is 0 Å². The lowest BCUT2D eigenvalue weighted by Crippen LogP contribution is -1.95. The Balaban J connectivity index is 0.0000000829. The van der Waals surface area contributed by atoms with Gasteiger partial charge in [-0.1, -0.05) is 176 Å². The first-order valence-corrected chi connectivity index (χ1v) is 48.2. The maximum absolute atomic E-state index is 5.16. The van der Waals surface area contributed by atoms with E-state index in [2.05, 4.69) is 290 Å². The number of nitrogens with zero attached hydrogens (tertiary/aromatic N) is 16. The van der Waals surface area contributed by atoms with Gasteiger partial charge in [0.2, 0.25) is 0 Å². The number of hydrogen-bond acceptors (Lipinski definition) is 12. The zero-order valence-corrected chi connectivity index (χ0v) is 75.1. The molecule has 12 aromatic carbocycles. The van der Waals surface area contributed by atoms with Crippen LogP contribution in [-0.2, 0) is 51.4 Å². The first-order valence-electron chi connectivity index (χ1n) is 48.2. The summed E-state index contributed by atoms with van der Waals surface area (Å²) in [7, 11) is 0. The van der Waals surface area contributed by atoms with E-state index in [1.165, 1.54) is 200 Å². The molecule has 140 heavy (non-hydrogen) atoms. The molecule has 16 nitrogen and oxygen atoms in total. The topological polar surface area (TPSA) is 172 Å². The molecule has 648 valence electrons. The average molecular weight is 1790 g/mol. The maximum Gasteiger partial charge on any atom is 0.165 e. The summed E-state index contributed by atoms with van der Waals surface area (Å²) in [6, 6.07) is 92.6. The molecule has 36 rings (SSSR count). The standard InChI is InChI=1S/4C31H18N4/c1-2-5-19-17(4-1)14-24-20(19)8-9-22-25(24)15-18-7-10-26-30(28(18)22)35-27-16-32-13-11-21(27)23-6-3-12-33-29(23)31(35)34-26;1-2-5-19-17(4-1)14-24-20(19)8-9-21-25(24)15-18-7-10-26-30(28(18)21)35-27-16-32-13-11-22(27)29-23(31(35)34-26)6-3-12-33-29;1-2-4-19-17(3-1)13-24-20(19)6-7-23-25(24)14-18-5-8-27-30(29(18)23)35-28-16-33-12-10-22(28)21-9-11-32-15-26(21)31(35)34-27;1-2-4-19-17(3-1)13-24-20(19)6-7-22-25(24)14-18-5-8-27-30(29(18)22)35-28-16-33-11-9-21(28)26-15-32-12-10-23(26)31(35)34-27/h2*1-13,16H,14-15H2;2*1-12,15-16H,13-14H2. The zero-order chi connectivity index (χ0) is 90.7. The third-order valence-corrected chi connectivity index (χ3v) is 32.1. The summed E-state index contributed by atoms with van der Waals surface area (Å²) in [6.45, 7) is 0. The lowest BCUT2D eigenvalue weighted by Gasteiger charge is -2.11. The molecule has 28 aromatic rings. The Morgan fingerprint density at radius 2 is 0.457 bits per heavy atom. The lowest BCUT2D eigenvalue weighted by atomic mass is 9.96. The smallest absolute Gasteiger partial charge is 0.165 e. The van der Waals surface area contributed by atoms with Gasteiger partial charge in [0, 0.05) is 133 Å². The third kappa shape index (κ3) is 10.1. The van der Waals surface area contributed by atoms with E-state index in [1.54, 1.807) is 0 Å². The van der Waals surface area contributed by atoms with E-state index in [4.69, 9.17) is 29.9 Å². The van der Waals surface area contributed by atoms with Crippen molar-refractivity contribution in [3.05, 3.63) is 431 Å². The Hall–Kier alpha value is -18.3. The minimum Gasteiger partial charge on any atom is -0.289 e. The first-order chi connectivity index (χ1) is 69.5. The summed E-state index contributed by atoms with van der Waals surface area (Å²) in [4.78, 5) is 56.9. The fourth-order valence-electron chi connectivity index (χ4n) is 26.2. The molecule has 0 unspecified atom stereocenters. The molecule has 0 bridgehead atoms. The van der Waals surface area contributed by atoms with Crippen LogP contribution in [0.4, 0.5) is 0 Å². The minimum absolute atomic E-state index is 0.895. The molecular weight excluding hydrogens is 1710 g/mol. The van der Waals surface area contributed by atoms with Gasteiger partial charge in [0.1, 0.15) is 22.5 Å². The molecule has 8 aliphatic rings.